The molecule has 0 heterocycles. The molecule has 3 fully saturated rings. The summed E-state index contributed by atoms with van der Waals surface area (Å²) in [6, 6.07) is 0. The molecule has 4 aliphatic rings. The van der Waals surface area contributed by atoms with E-state index >= 15 is 0 Å². The van der Waals surface area contributed by atoms with Crippen LogP contribution in [0.5, 0.6) is 0 Å². The van der Waals surface area contributed by atoms with Crippen molar-refractivity contribution < 1.29 is 14.3 Å². The number of Topliss-reactive ketones (excluding diaryl/α,β-unsaturated/α-hetero) is 1. The van der Waals surface area contributed by atoms with Gasteiger partial charge in [0.1, 0.15) is 6.10 Å². The van der Waals surface area contributed by atoms with E-state index in [9.17, 15) is 9.59 Å². The van der Waals surface area contributed by atoms with E-state index in [1.165, 1.54) is 32.1 Å². The van der Waals surface area contributed by atoms with Crippen LogP contribution >= 0.6 is 0 Å². The van der Waals surface area contributed by atoms with Crippen molar-refractivity contribution in [3.05, 3.63) is 11.6 Å². The number of ketones is 1. The van der Waals surface area contributed by atoms with E-state index in [0.717, 1.165) is 43.1 Å². The first-order valence-electron chi connectivity index (χ1n) is 12.6. The summed E-state index contributed by atoms with van der Waals surface area (Å²) in [6.07, 6.45) is 13.3. The van der Waals surface area contributed by atoms with Crippen molar-refractivity contribution in [3.8, 4) is 0 Å². The van der Waals surface area contributed by atoms with E-state index < -0.39 is 0 Å². The van der Waals surface area contributed by atoms with Gasteiger partial charge in [-0.05, 0) is 111 Å². The smallest absolute Gasteiger partial charge is 0.306 e. The average Bonchev–Trinajstić information content (AvgIpc) is 3.04. The fourth-order valence-corrected chi connectivity index (χ4v) is 8.09. The Morgan fingerprint density at radius 1 is 1.10 bits per heavy atom. The maximum Gasteiger partial charge on any atom is 0.306 e. The van der Waals surface area contributed by atoms with Crippen molar-refractivity contribution in [2.75, 3.05) is 0 Å². The summed E-state index contributed by atoms with van der Waals surface area (Å²) in [5.74, 6) is 3.70. The lowest BCUT2D eigenvalue weighted by molar-refractivity contribution is -0.161. The van der Waals surface area contributed by atoms with Gasteiger partial charge < -0.3 is 4.74 Å². The quantitative estimate of drug-likeness (QED) is 0.482. The van der Waals surface area contributed by atoms with Crippen molar-refractivity contribution in [3.63, 3.8) is 0 Å². The monoisotopic (exact) mass is 414 g/mol. The standard InChI is InChI=1S/C27H42O3/c1-17(2)6-11-25(29)30-20-12-14-26(4)19(16-20)7-8-21-23-10-9-22(18(3)28)27(23,5)15-13-24(21)26/h9,17,19-21,23-24H,6-8,10-16H2,1-5H3/t19-,20-,21-,23-,24+,26-,27+/m0/s1. The van der Waals surface area contributed by atoms with Gasteiger partial charge in [-0.2, -0.15) is 0 Å². The minimum atomic E-state index is 0.00761. The highest BCUT2D eigenvalue weighted by Crippen LogP contribution is 2.66. The predicted molar refractivity (Wildman–Crippen MR) is 120 cm³/mol. The summed E-state index contributed by atoms with van der Waals surface area (Å²) in [7, 11) is 0. The molecule has 0 aromatic rings. The number of allylic oxidation sites excluding steroid dienone is 2. The van der Waals surface area contributed by atoms with Crippen molar-refractivity contribution in [1.29, 1.82) is 0 Å². The minimum absolute atomic E-state index is 0.00761. The molecule has 3 nitrogen and oxygen atoms in total. The van der Waals surface area contributed by atoms with Crippen LogP contribution in [0, 0.1) is 40.4 Å². The third-order valence-electron chi connectivity index (χ3n) is 9.80. The second kappa shape index (κ2) is 8.10. The predicted octanol–water partition coefficient (Wildman–Crippen LogP) is 6.50. The van der Waals surface area contributed by atoms with Gasteiger partial charge in [0, 0.05) is 6.42 Å². The van der Waals surface area contributed by atoms with Gasteiger partial charge in [-0.3, -0.25) is 9.59 Å². The third kappa shape index (κ3) is 3.69. The van der Waals surface area contributed by atoms with Crippen molar-refractivity contribution in [1.82, 2.24) is 0 Å². The summed E-state index contributed by atoms with van der Waals surface area (Å²) in [5.41, 5.74) is 1.61. The molecule has 0 bridgehead atoms. The maximum absolute atomic E-state index is 12.3. The molecule has 0 unspecified atom stereocenters. The van der Waals surface area contributed by atoms with Crippen LogP contribution in [0.1, 0.15) is 98.8 Å². The molecule has 0 aromatic carbocycles. The molecule has 0 N–H and O–H groups in total. The molecule has 30 heavy (non-hydrogen) atoms. The van der Waals surface area contributed by atoms with E-state index in [4.69, 9.17) is 4.74 Å². The number of hydrogen-bond acceptors (Lipinski definition) is 3. The summed E-state index contributed by atoms with van der Waals surface area (Å²) < 4.78 is 5.91. The lowest BCUT2D eigenvalue weighted by atomic mass is 9.44. The lowest BCUT2D eigenvalue weighted by Crippen LogP contribution is -2.54. The van der Waals surface area contributed by atoms with Crippen LogP contribution in [0.25, 0.3) is 0 Å². The molecule has 0 aliphatic heterocycles. The Morgan fingerprint density at radius 2 is 1.87 bits per heavy atom. The molecular weight excluding hydrogens is 372 g/mol. The van der Waals surface area contributed by atoms with Crippen LogP contribution in [0.2, 0.25) is 0 Å². The van der Waals surface area contributed by atoms with Gasteiger partial charge in [0.2, 0.25) is 0 Å². The van der Waals surface area contributed by atoms with Crippen LogP contribution in [0.4, 0.5) is 0 Å². The van der Waals surface area contributed by atoms with E-state index in [1.54, 1.807) is 6.92 Å². The Balaban J connectivity index is 1.42. The van der Waals surface area contributed by atoms with Gasteiger partial charge in [-0.25, -0.2) is 0 Å². The van der Waals surface area contributed by atoms with Crippen LogP contribution < -0.4 is 0 Å². The first-order chi connectivity index (χ1) is 14.1. The number of fused-ring (bicyclic) bond motifs is 5. The molecular formula is C27H42O3. The van der Waals surface area contributed by atoms with Crippen molar-refractivity contribution >= 4 is 11.8 Å². The molecule has 4 aliphatic carbocycles. The molecule has 4 rings (SSSR count). The van der Waals surface area contributed by atoms with Gasteiger partial charge in [0.05, 0.1) is 0 Å². The minimum Gasteiger partial charge on any atom is -0.462 e. The second-order valence-electron chi connectivity index (χ2n) is 11.8. The summed E-state index contributed by atoms with van der Waals surface area (Å²) in [6.45, 7) is 11.0. The molecule has 3 heteroatoms. The largest absolute Gasteiger partial charge is 0.462 e. The van der Waals surface area contributed by atoms with E-state index in [-0.39, 0.29) is 23.3 Å². The zero-order valence-electron chi connectivity index (χ0n) is 19.8. The van der Waals surface area contributed by atoms with E-state index in [1.807, 2.05) is 0 Å². The molecule has 3 saturated carbocycles. The maximum atomic E-state index is 12.3. The summed E-state index contributed by atoms with van der Waals surface area (Å²) in [5, 5.41) is 0. The van der Waals surface area contributed by atoms with Crippen LogP contribution in [0.3, 0.4) is 0 Å². The summed E-state index contributed by atoms with van der Waals surface area (Å²) in [4.78, 5) is 24.5. The molecule has 168 valence electrons. The number of carbonyl (C=O) groups is 2. The molecule has 0 spiro atoms. The Kier molecular flexibility index (Phi) is 5.96. The number of ether oxygens (including phenoxy) is 1. The second-order valence-corrected chi connectivity index (χ2v) is 11.8. The van der Waals surface area contributed by atoms with E-state index in [0.29, 0.717) is 29.6 Å². The fourth-order valence-electron chi connectivity index (χ4n) is 8.09. The fraction of sp³-hybridized carbons (Fsp3) is 0.852. The Labute approximate surface area is 183 Å². The Morgan fingerprint density at radius 3 is 2.57 bits per heavy atom. The molecule has 0 aromatic heterocycles. The Bertz CT molecular complexity index is 722. The SMILES string of the molecule is CC(=O)C1=CC[C@H]2[C@@H]3CC[C@H]4C[C@@H](OC(=O)CCC(C)C)CC[C@]4(C)[C@@H]3CC[C@]12C. The van der Waals surface area contributed by atoms with Gasteiger partial charge >= 0.3 is 5.97 Å². The number of carbonyl (C=O) groups excluding carboxylic acids is 2. The molecule has 0 radical (unpaired) electrons. The number of rotatable bonds is 5. The third-order valence-corrected chi connectivity index (χ3v) is 9.80. The normalized spacial score (nSPS) is 42.7. The van der Waals surface area contributed by atoms with Gasteiger partial charge in [0.25, 0.3) is 0 Å². The Hall–Kier alpha value is -1.12. The van der Waals surface area contributed by atoms with Gasteiger partial charge in [0.15, 0.2) is 5.78 Å². The highest BCUT2D eigenvalue weighted by molar-refractivity contribution is 5.95. The number of hydrogen-bond donors (Lipinski definition) is 0. The van der Waals surface area contributed by atoms with Crippen LogP contribution in [-0.2, 0) is 14.3 Å². The number of esters is 1. The topological polar surface area (TPSA) is 43.4 Å². The first kappa shape index (κ1) is 22.1. The van der Waals surface area contributed by atoms with Gasteiger partial charge in [-0.1, -0.05) is 33.8 Å². The van der Waals surface area contributed by atoms with Crippen molar-refractivity contribution in [2.24, 2.45) is 40.4 Å². The zero-order chi connectivity index (χ0) is 21.7. The molecule has 7 atom stereocenters. The van der Waals surface area contributed by atoms with Gasteiger partial charge in [-0.15, -0.1) is 0 Å². The zero-order valence-corrected chi connectivity index (χ0v) is 19.8. The van der Waals surface area contributed by atoms with E-state index in [2.05, 4.69) is 33.8 Å². The van der Waals surface area contributed by atoms with Crippen LogP contribution in [-0.4, -0.2) is 17.9 Å². The first-order valence-corrected chi connectivity index (χ1v) is 12.6. The average molecular weight is 415 g/mol. The molecule has 0 saturated heterocycles. The highest BCUT2D eigenvalue weighted by atomic mass is 16.5. The summed E-state index contributed by atoms with van der Waals surface area (Å²) >= 11 is 0. The molecule has 0 amide bonds. The lowest BCUT2D eigenvalue weighted by Gasteiger charge is -2.60. The van der Waals surface area contributed by atoms with Crippen LogP contribution in [0.15, 0.2) is 11.6 Å². The van der Waals surface area contributed by atoms with Crippen molar-refractivity contribution in [2.45, 2.75) is 105 Å². The highest BCUT2D eigenvalue weighted by Gasteiger charge is 2.59.